The summed E-state index contributed by atoms with van der Waals surface area (Å²) in [6.45, 7) is 1.87. The summed E-state index contributed by atoms with van der Waals surface area (Å²) in [5, 5.41) is 17.6. The summed E-state index contributed by atoms with van der Waals surface area (Å²) < 4.78 is 0. The molecule has 1 aliphatic carbocycles. The van der Waals surface area contributed by atoms with Crippen molar-refractivity contribution in [1.82, 2.24) is 0 Å². The highest BCUT2D eigenvalue weighted by Crippen LogP contribution is 2.31. The molecule has 2 aromatic carbocycles. The van der Waals surface area contributed by atoms with E-state index in [0.717, 1.165) is 12.0 Å². The largest absolute Gasteiger partial charge is 0.481 e. The molecule has 0 heterocycles. The second-order valence-electron chi connectivity index (χ2n) is 7.36. The van der Waals surface area contributed by atoms with Crippen molar-refractivity contribution in [2.24, 2.45) is 11.8 Å². The Kier molecular flexibility index (Phi) is 6.49. The van der Waals surface area contributed by atoms with E-state index < -0.39 is 11.9 Å². The second kappa shape index (κ2) is 9.23. The number of hydrogen-bond donors (Lipinski definition) is 4. The molecular formula is C22H25N3O4. The highest BCUT2D eigenvalue weighted by molar-refractivity contribution is 6.00. The molecule has 0 radical (unpaired) electrons. The zero-order chi connectivity index (χ0) is 20.8. The Morgan fingerprint density at radius 3 is 2.31 bits per heavy atom. The molecule has 3 rings (SSSR count). The molecule has 0 aromatic heterocycles. The van der Waals surface area contributed by atoms with Gasteiger partial charge in [0.05, 0.1) is 5.92 Å². The molecule has 2 atom stereocenters. The SMILES string of the molecule is Cc1ccc(NC(=O)Nc2ccccc2)cc1NC(=O)C1CCCC(C(=O)O)C1. The van der Waals surface area contributed by atoms with E-state index in [2.05, 4.69) is 16.0 Å². The average Bonchev–Trinajstić information content (AvgIpc) is 2.71. The molecule has 7 heteroatoms. The van der Waals surface area contributed by atoms with Gasteiger partial charge < -0.3 is 21.1 Å². The van der Waals surface area contributed by atoms with Crippen LogP contribution in [0, 0.1) is 18.8 Å². The molecule has 2 aromatic rings. The summed E-state index contributed by atoms with van der Waals surface area (Å²) in [5.74, 6) is -1.79. The number of rotatable bonds is 5. The molecule has 2 unspecified atom stereocenters. The van der Waals surface area contributed by atoms with Crippen LogP contribution in [0.2, 0.25) is 0 Å². The lowest BCUT2D eigenvalue weighted by Crippen LogP contribution is -2.31. The van der Waals surface area contributed by atoms with Crippen molar-refractivity contribution in [3.8, 4) is 0 Å². The van der Waals surface area contributed by atoms with Gasteiger partial charge in [0.1, 0.15) is 0 Å². The van der Waals surface area contributed by atoms with Crippen molar-refractivity contribution in [2.75, 3.05) is 16.0 Å². The maximum absolute atomic E-state index is 12.7. The van der Waals surface area contributed by atoms with Crippen LogP contribution in [0.3, 0.4) is 0 Å². The number of carbonyl (C=O) groups excluding carboxylic acids is 2. The van der Waals surface area contributed by atoms with E-state index in [1.807, 2.05) is 31.2 Å². The van der Waals surface area contributed by atoms with Crippen molar-refractivity contribution in [2.45, 2.75) is 32.6 Å². The topological polar surface area (TPSA) is 108 Å². The van der Waals surface area contributed by atoms with Crippen LogP contribution in [-0.2, 0) is 9.59 Å². The van der Waals surface area contributed by atoms with E-state index in [4.69, 9.17) is 0 Å². The van der Waals surface area contributed by atoms with Crippen LogP contribution in [0.4, 0.5) is 21.9 Å². The molecule has 0 spiro atoms. The third-order valence-electron chi connectivity index (χ3n) is 5.18. The fourth-order valence-corrected chi connectivity index (χ4v) is 3.54. The number of carboxylic acid groups (broad SMARTS) is 1. The molecule has 3 amide bonds. The molecule has 0 saturated heterocycles. The molecule has 0 bridgehead atoms. The van der Waals surface area contributed by atoms with Crippen molar-refractivity contribution < 1.29 is 19.5 Å². The third kappa shape index (κ3) is 5.57. The van der Waals surface area contributed by atoms with Gasteiger partial charge in [-0.2, -0.15) is 0 Å². The lowest BCUT2D eigenvalue weighted by atomic mass is 9.81. The Hall–Kier alpha value is -3.35. The zero-order valence-electron chi connectivity index (χ0n) is 16.3. The van der Waals surface area contributed by atoms with E-state index in [1.165, 1.54) is 0 Å². The van der Waals surface area contributed by atoms with Crippen molar-refractivity contribution in [3.05, 3.63) is 54.1 Å². The highest BCUT2D eigenvalue weighted by Gasteiger charge is 2.31. The average molecular weight is 395 g/mol. The number of hydrogen-bond acceptors (Lipinski definition) is 3. The zero-order valence-corrected chi connectivity index (χ0v) is 16.3. The van der Waals surface area contributed by atoms with Gasteiger partial charge in [-0.15, -0.1) is 0 Å². The van der Waals surface area contributed by atoms with Crippen LogP contribution in [0.15, 0.2) is 48.5 Å². The predicted octanol–water partition coefficient (Wildman–Crippen LogP) is 4.47. The highest BCUT2D eigenvalue weighted by atomic mass is 16.4. The second-order valence-corrected chi connectivity index (χ2v) is 7.36. The Balaban J connectivity index is 1.63. The predicted molar refractivity (Wildman–Crippen MR) is 112 cm³/mol. The Bertz CT molecular complexity index is 898. The lowest BCUT2D eigenvalue weighted by Gasteiger charge is -2.26. The van der Waals surface area contributed by atoms with Gasteiger partial charge in [0.15, 0.2) is 0 Å². The Labute approximate surface area is 169 Å². The summed E-state index contributed by atoms with van der Waals surface area (Å²) in [6, 6.07) is 14.0. The van der Waals surface area contributed by atoms with Gasteiger partial charge in [0, 0.05) is 23.0 Å². The number of benzene rings is 2. The number of carboxylic acids is 1. The first-order valence-corrected chi connectivity index (χ1v) is 9.70. The minimum atomic E-state index is -0.839. The smallest absolute Gasteiger partial charge is 0.323 e. The molecule has 1 fully saturated rings. The van der Waals surface area contributed by atoms with E-state index >= 15 is 0 Å². The molecular weight excluding hydrogens is 370 g/mol. The van der Waals surface area contributed by atoms with Gasteiger partial charge in [-0.3, -0.25) is 9.59 Å². The van der Waals surface area contributed by atoms with Gasteiger partial charge in [-0.25, -0.2) is 4.79 Å². The maximum atomic E-state index is 12.7. The van der Waals surface area contributed by atoms with E-state index in [1.54, 1.807) is 24.3 Å². The van der Waals surface area contributed by atoms with E-state index in [-0.39, 0.29) is 17.9 Å². The van der Waals surface area contributed by atoms with Gasteiger partial charge in [-0.1, -0.05) is 30.7 Å². The number of aliphatic carboxylic acids is 1. The van der Waals surface area contributed by atoms with Crippen LogP contribution < -0.4 is 16.0 Å². The summed E-state index contributed by atoms with van der Waals surface area (Å²) in [7, 11) is 0. The number of carbonyl (C=O) groups is 3. The Morgan fingerprint density at radius 1 is 0.897 bits per heavy atom. The number of aryl methyl sites for hydroxylation is 1. The molecule has 1 saturated carbocycles. The monoisotopic (exact) mass is 395 g/mol. The first kappa shape index (κ1) is 20.4. The summed E-state index contributed by atoms with van der Waals surface area (Å²) in [4.78, 5) is 36.1. The summed E-state index contributed by atoms with van der Waals surface area (Å²) in [5.41, 5.74) is 2.69. The number of urea groups is 1. The Morgan fingerprint density at radius 2 is 1.59 bits per heavy atom. The first-order chi connectivity index (χ1) is 13.9. The maximum Gasteiger partial charge on any atom is 0.323 e. The first-order valence-electron chi connectivity index (χ1n) is 9.70. The number of para-hydroxylation sites is 1. The van der Waals surface area contributed by atoms with Crippen molar-refractivity contribution in [1.29, 1.82) is 0 Å². The van der Waals surface area contributed by atoms with Crippen LogP contribution in [-0.4, -0.2) is 23.0 Å². The molecule has 1 aliphatic rings. The molecule has 0 aliphatic heterocycles. The number of nitrogens with one attached hydrogen (secondary N) is 3. The van der Waals surface area contributed by atoms with Crippen LogP contribution in [0.1, 0.15) is 31.2 Å². The fourth-order valence-electron chi connectivity index (χ4n) is 3.54. The van der Waals surface area contributed by atoms with Crippen LogP contribution in [0.5, 0.6) is 0 Å². The van der Waals surface area contributed by atoms with E-state index in [9.17, 15) is 19.5 Å². The van der Waals surface area contributed by atoms with Gasteiger partial charge in [0.2, 0.25) is 5.91 Å². The normalized spacial score (nSPS) is 18.5. The fraction of sp³-hybridized carbons (Fsp3) is 0.318. The minimum Gasteiger partial charge on any atom is -0.481 e. The summed E-state index contributed by atoms with van der Waals surface area (Å²) >= 11 is 0. The number of amides is 3. The third-order valence-corrected chi connectivity index (χ3v) is 5.18. The van der Waals surface area contributed by atoms with Crippen LogP contribution in [0.25, 0.3) is 0 Å². The van der Waals surface area contributed by atoms with Crippen LogP contribution >= 0.6 is 0 Å². The molecule has 7 nitrogen and oxygen atoms in total. The molecule has 29 heavy (non-hydrogen) atoms. The summed E-state index contributed by atoms with van der Waals surface area (Å²) in [6.07, 6.45) is 2.40. The van der Waals surface area contributed by atoms with E-state index in [0.29, 0.717) is 36.3 Å². The molecule has 152 valence electrons. The van der Waals surface area contributed by atoms with Gasteiger partial charge >= 0.3 is 12.0 Å². The van der Waals surface area contributed by atoms with Gasteiger partial charge in [0.25, 0.3) is 0 Å². The quantitative estimate of drug-likeness (QED) is 0.599. The van der Waals surface area contributed by atoms with Gasteiger partial charge in [-0.05, 0) is 56.0 Å². The standard InChI is InChI=1S/C22H25N3O4/c1-14-10-11-18(24-22(29)23-17-8-3-2-4-9-17)13-19(14)25-20(26)15-6-5-7-16(12-15)21(27)28/h2-4,8-11,13,15-16H,5-7,12H2,1H3,(H,25,26)(H,27,28)(H2,23,24,29). The van der Waals surface area contributed by atoms with Crippen molar-refractivity contribution in [3.63, 3.8) is 0 Å². The minimum absolute atomic E-state index is 0.176. The lowest BCUT2D eigenvalue weighted by molar-refractivity contribution is -0.143. The van der Waals surface area contributed by atoms with Crippen molar-refractivity contribution >= 4 is 35.0 Å². The molecule has 4 N–H and O–H groups in total. The number of anilines is 3.